The lowest BCUT2D eigenvalue weighted by Crippen LogP contribution is -2.15. The van der Waals surface area contributed by atoms with Crippen LogP contribution in [0.25, 0.3) is 22.2 Å². The van der Waals surface area contributed by atoms with Gasteiger partial charge in [0.15, 0.2) is 0 Å². The molecular formula is C16H11N3O2. The van der Waals surface area contributed by atoms with Gasteiger partial charge in [0, 0.05) is 10.9 Å². The summed E-state index contributed by atoms with van der Waals surface area (Å²) in [5, 5.41) is 3.25. The normalized spacial score (nSPS) is 10.3. The molecule has 3 aromatic rings. The van der Waals surface area contributed by atoms with Gasteiger partial charge in [-0.2, -0.15) is 0 Å². The molecule has 1 amide bonds. The molecule has 1 heterocycles. The number of hydrogen-bond acceptors (Lipinski definition) is 4. The smallest absolute Gasteiger partial charge is 0.290 e. The number of para-hydroxylation sites is 1. The molecule has 0 aliphatic rings. The third kappa shape index (κ3) is 2.62. The lowest BCUT2D eigenvalue weighted by Gasteiger charge is -2.08. The second-order valence-corrected chi connectivity index (χ2v) is 4.39. The first-order chi connectivity index (χ1) is 10.3. The summed E-state index contributed by atoms with van der Waals surface area (Å²) < 4.78 is 0. The van der Waals surface area contributed by atoms with Crippen molar-refractivity contribution in [2.24, 2.45) is 0 Å². The standard InChI is InChI=1S/C16H11N3O2/c20-10-14(21)18-16-17-13-9-5-4-8-12(13)15(19-16)11-6-2-1-3-7-11/h1-10H,(H,17,18,19,21). The van der Waals surface area contributed by atoms with E-state index in [1.807, 2.05) is 54.6 Å². The van der Waals surface area contributed by atoms with Crippen LogP contribution in [0.1, 0.15) is 0 Å². The second-order valence-electron chi connectivity index (χ2n) is 4.39. The summed E-state index contributed by atoms with van der Waals surface area (Å²) >= 11 is 0. The summed E-state index contributed by atoms with van der Waals surface area (Å²) in [5.41, 5.74) is 2.33. The van der Waals surface area contributed by atoms with Crippen molar-refractivity contribution in [3.05, 3.63) is 54.6 Å². The van der Waals surface area contributed by atoms with E-state index in [2.05, 4.69) is 15.3 Å². The molecule has 21 heavy (non-hydrogen) atoms. The number of nitrogens with zero attached hydrogens (tertiary/aromatic N) is 2. The van der Waals surface area contributed by atoms with Crippen molar-refractivity contribution in [2.45, 2.75) is 0 Å². The van der Waals surface area contributed by atoms with Crippen molar-refractivity contribution in [1.29, 1.82) is 0 Å². The van der Waals surface area contributed by atoms with E-state index in [0.717, 1.165) is 10.9 Å². The molecule has 0 bridgehead atoms. The van der Waals surface area contributed by atoms with Crippen LogP contribution in [-0.2, 0) is 9.59 Å². The summed E-state index contributed by atoms with van der Waals surface area (Å²) in [7, 11) is 0. The largest absolute Gasteiger partial charge is 0.292 e. The third-order valence-electron chi connectivity index (χ3n) is 2.99. The van der Waals surface area contributed by atoms with E-state index < -0.39 is 5.91 Å². The molecule has 3 rings (SSSR count). The number of aldehydes is 1. The second kappa shape index (κ2) is 5.50. The van der Waals surface area contributed by atoms with Gasteiger partial charge in [0.1, 0.15) is 0 Å². The van der Waals surface area contributed by atoms with Crippen molar-refractivity contribution in [1.82, 2.24) is 9.97 Å². The first kappa shape index (κ1) is 12.9. The summed E-state index contributed by atoms with van der Waals surface area (Å²) in [6.07, 6.45) is 0.195. The number of amides is 1. The van der Waals surface area contributed by atoms with E-state index >= 15 is 0 Å². The van der Waals surface area contributed by atoms with Crippen LogP contribution in [0.3, 0.4) is 0 Å². The van der Waals surface area contributed by atoms with Gasteiger partial charge in [0.05, 0.1) is 11.2 Å². The number of carbonyl (C=O) groups excluding carboxylic acids is 2. The quantitative estimate of drug-likeness (QED) is 0.589. The summed E-state index contributed by atoms with van der Waals surface area (Å²) in [6, 6.07) is 17.1. The fraction of sp³-hybridized carbons (Fsp3) is 0. The molecule has 1 aromatic heterocycles. The summed E-state index contributed by atoms with van der Waals surface area (Å²) in [6.45, 7) is 0. The number of benzene rings is 2. The van der Waals surface area contributed by atoms with Gasteiger partial charge >= 0.3 is 0 Å². The number of rotatable bonds is 3. The van der Waals surface area contributed by atoms with Gasteiger partial charge in [-0.15, -0.1) is 0 Å². The molecule has 0 aliphatic carbocycles. The Labute approximate surface area is 120 Å². The van der Waals surface area contributed by atoms with Crippen molar-refractivity contribution < 1.29 is 9.59 Å². The van der Waals surface area contributed by atoms with Crippen molar-refractivity contribution in [3.8, 4) is 11.3 Å². The monoisotopic (exact) mass is 277 g/mol. The fourth-order valence-electron chi connectivity index (χ4n) is 2.09. The maximum atomic E-state index is 11.2. The van der Waals surface area contributed by atoms with Gasteiger partial charge in [-0.05, 0) is 6.07 Å². The molecule has 0 aliphatic heterocycles. The average Bonchev–Trinajstić information content (AvgIpc) is 2.55. The molecular weight excluding hydrogens is 266 g/mol. The zero-order valence-electron chi connectivity index (χ0n) is 11.0. The molecule has 0 radical (unpaired) electrons. The molecule has 5 heteroatoms. The van der Waals surface area contributed by atoms with E-state index in [-0.39, 0.29) is 12.2 Å². The van der Waals surface area contributed by atoms with Crippen molar-refractivity contribution >= 4 is 29.0 Å². The minimum Gasteiger partial charge on any atom is -0.292 e. The van der Waals surface area contributed by atoms with Crippen molar-refractivity contribution in [2.75, 3.05) is 5.32 Å². The highest BCUT2D eigenvalue weighted by Gasteiger charge is 2.10. The summed E-state index contributed by atoms with van der Waals surface area (Å²) in [5.74, 6) is -0.658. The Kier molecular flexibility index (Phi) is 3.39. The fourth-order valence-corrected chi connectivity index (χ4v) is 2.09. The molecule has 1 N–H and O–H groups in total. The highest BCUT2D eigenvalue weighted by atomic mass is 16.2. The Morgan fingerprint density at radius 3 is 2.43 bits per heavy atom. The predicted molar refractivity (Wildman–Crippen MR) is 79.7 cm³/mol. The topological polar surface area (TPSA) is 72.0 Å². The molecule has 0 saturated heterocycles. The lowest BCUT2D eigenvalue weighted by molar-refractivity contribution is -0.127. The zero-order chi connectivity index (χ0) is 14.7. The highest BCUT2D eigenvalue weighted by Crippen LogP contribution is 2.26. The molecule has 5 nitrogen and oxygen atoms in total. The molecule has 0 fully saturated rings. The van der Waals surface area contributed by atoms with Gasteiger partial charge < -0.3 is 0 Å². The molecule has 102 valence electrons. The van der Waals surface area contributed by atoms with Crippen LogP contribution in [0.15, 0.2) is 54.6 Å². The average molecular weight is 277 g/mol. The van der Waals surface area contributed by atoms with E-state index in [9.17, 15) is 9.59 Å². The zero-order valence-corrected chi connectivity index (χ0v) is 11.0. The Balaban J connectivity index is 2.21. The lowest BCUT2D eigenvalue weighted by atomic mass is 10.1. The number of nitrogens with one attached hydrogen (secondary N) is 1. The predicted octanol–water partition coefficient (Wildman–Crippen LogP) is 2.43. The number of anilines is 1. The maximum absolute atomic E-state index is 11.2. The van der Waals surface area contributed by atoms with Crippen LogP contribution in [0, 0.1) is 0 Å². The Hall–Kier alpha value is -3.08. The van der Waals surface area contributed by atoms with Gasteiger partial charge in [-0.25, -0.2) is 9.97 Å². The Morgan fingerprint density at radius 1 is 0.952 bits per heavy atom. The van der Waals surface area contributed by atoms with Crippen LogP contribution in [0.5, 0.6) is 0 Å². The van der Waals surface area contributed by atoms with Crippen LogP contribution in [-0.4, -0.2) is 22.2 Å². The van der Waals surface area contributed by atoms with Crippen molar-refractivity contribution in [3.63, 3.8) is 0 Å². The number of carbonyl (C=O) groups is 2. The minimum absolute atomic E-state index is 0.115. The van der Waals surface area contributed by atoms with Gasteiger partial charge in [-0.3, -0.25) is 14.9 Å². The first-order valence-electron chi connectivity index (χ1n) is 6.36. The SMILES string of the molecule is O=CC(=O)Nc1nc(-c2ccccc2)c2ccccc2n1. The van der Waals surface area contributed by atoms with Gasteiger partial charge in [-0.1, -0.05) is 48.5 Å². The minimum atomic E-state index is -0.774. The third-order valence-corrected chi connectivity index (χ3v) is 2.99. The number of hydrogen-bond donors (Lipinski definition) is 1. The van der Waals surface area contributed by atoms with E-state index in [1.54, 1.807) is 0 Å². The van der Waals surface area contributed by atoms with Gasteiger partial charge in [0.25, 0.3) is 5.91 Å². The molecule has 0 atom stereocenters. The van der Waals surface area contributed by atoms with E-state index in [0.29, 0.717) is 11.2 Å². The molecule has 0 unspecified atom stereocenters. The summed E-state index contributed by atoms with van der Waals surface area (Å²) in [4.78, 5) is 30.3. The Morgan fingerprint density at radius 2 is 1.67 bits per heavy atom. The van der Waals surface area contributed by atoms with Crippen LogP contribution >= 0.6 is 0 Å². The molecule has 0 spiro atoms. The number of aromatic nitrogens is 2. The van der Waals surface area contributed by atoms with Crippen LogP contribution < -0.4 is 5.32 Å². The van der Waals surface area contributed by atoms with Gasteiger partial charge in [0.2, 0.25) is 12.2 Å². The Bertz CT molecular complexity index is 816. The molecule has 2 aromatic carbocycles. The van der Waals surface area contributed by atoms with Crippen LogP contribution in [0.4, 0.5) is 5.95 Å². The number of fused-ring (bicyclic) bond motifs is 1. The highest BCUT2D eigenvalue weighted by molar-refractivity contribution is 6.29. The van der Waals surface area contributed by atoms with E-state index in [1.165, 1.54) is 0 Å². The van der Waals surface area contributed by atoms with Crippen LogP contribution in [0.2, 0.25) is 0 Å². The molecule has 0 saturated carbocycles. The van der Waals surface area contributed by atoms with E-state index in [4.69, 9.17) is 0 Å². The first-order valence-corrected chi connectivity index (χ1v) is 6.36. The maximum Gasteiger partial charge on any atom is 0.290 e.